The van der Waals surface area contributed by atoms with E-state index in [1.807, 2.05) is 0 Å². The van der Waals surface area contributed by atoms with Gasteiger partial charge in [-0.25, -0.2) is 4.39 Å². The van der Waals surface area contributed by atoms with E-state index in [0.29, 0.717) is 5.56 Å². The Balaban J connectivity index is 2.17. The van der Waals surface area contributed by atoms with E-state index in [0.717, 1.165) is 0 Å². The zero-order valence-electron chi connectivity index (χ0n) is 9.51. The molecular weight excluding hydrogens is 261 g/mol. The van der Waals surface area contributed by atoms with Gasteiger partial charge in [0.2, 0.25) is 0 Å². The molecule has 1 aliphatic heterocycles. The Kier molecular flexibility index (Phi) is 3.85. The van der Waals surface area contributed by atoms with Crippen LogP contribution in [0.25, 0.3) is 0 Å². The smallest absolute Gasteiger partial charge is 0.321 e. The van der Waals surface area contributed by atoms with Crippen LogP contribution in [0.15, 0.2) is 18.2 Å². The van der Waals surface area contributed by atoms with Crippen molar-refractivity contribution in [2.24, 2.45) is 0 Å². The number of hydrogen-bond donors (Lipinski definition) is 2. The summed E-state index contributed by atoms with van der Waals surface area (Å²) >= 11 is 5.82. The summed E-state index contributed by atoms with van der Waals surface area (Å²) in [5.74, 6) is -1.51. The van der Waals surface area contributed by atoms with E-state index in [1.165, 1.54) is 12.1 Å². The van der Waals surface area contributed by atoms with E-state index in [-0.39, 0.29) is 24.5 Å². The quantitative estimate of drug-likeness (QED) is 0.876. The van der Waals surface area contributed by atoms with Crippen molar-refractivity contribution in [2.45, 2.75) is 25.1 Å². The molecule has 0 aromatic heterocycles. The Morgan fingerprint density at radius 3 is 2.94 bits per heavy atom. The molecule has 1 aromatic rings. The van der Waals surface area contributed by atoms with Crippen LogP contribution in [0.3, 0.4) is 0 Å². The molecule has 0 amide bonds. The molecule has 98 valence electrons. The summed E-state index contributed by atoms with van der Waals surface area (Å²) in [6.07, 6.45) is -0.485. The number of β-amino-alcohol motifs (C(OH)–C–C–N with tert-alkyl or cyclic N) is 1. The van der Waals surface area contributed by atoms with Gasteiger partial charge in [0.25, 0.3) is 0 Å². The van der Waals surface area contributed by atoms with E-state index in [4.69, 9.17) is 16.7 Å². The van der Waals surface area contributed by atoms with Crippen LogP contribution in [0.4, 0.5) is 4.39 Å². The highest BCUT2D eigenvalue weighted by Gasteiger charge is 2.36. The average Bonchev–Trinajstić information content (AvgIpc) is 2.66. The predicted octanol–water partition coefficient (Wildman–Crippen LogP) is 1.50. The van der Waals surface area contributed by atoms with Crippen LogP contribution < -0.4 is 0 Å². The molecule has 1 aromatic carbocycles. The fraction of sp³-hybridized carbons (Fsp3) is 0.417. The Morgan fingerprint density at radius 2 is 2.28 bits per heavy atom. The lowest BCUT2D eigenvalue weighted by molar-refractivity contribution is -0.142. The topological polar surface area (TPSA) is 60.8 Å². The molecule has 2 atom stereocenters. The van der Waals surface area contributed by atoms with Crippen molar-refractivity contribution in [3.63, 3.8) is 0 Å². The van der Waals surface area contributed by atoms with Crippen molar-refractivity contribution in [2.75, 3.05) is 6.54 Å². The van der Waals surface area contributed by atoms with Gasteiger partial charge in [0.15, 0.2) is 0 Å². The lowest BCUT2D eigenvalue weighted by atomic mass is 10.1. The number of halogens is 2. The zero-order chi connectivity index (χ0) is 13.3. The minimum atomic E-state index is -0.987. The zero-order valence-corrected chi connectivity index (χ0v) is 10.3. The van der Waals surface area contributed by atoms with Gasteiger partial charge in [-0.05, 0) is 11.6 Å². The molecule has 0 radical (unpaired) electrons. The van der Waals surface area contributed by atoms with Crippen LogP contribution in [0, 0.1) is 5.82 Å². The summed E-state index contributed by atoms with van der Waals surface area (Å²) in [6.45, 7) is 0.467. The average molecular weight is 274 g/mol. The molecule has 6 heteroatoms. The third-order valence-corrected chi connectivity index (χ3v) is 3.49. The van der Waals surface area contributed by atoms with Crippen molar-refractivity contribution >= 4 is 17.6 Å². The van der Waals surface area contributed by atoms with E-state index in [1.54, 1.807) is 11.0 Å². The number of benzene rings is 1. The van der Waals surface area contributed by atoms with Crippen molar-refractivity contribution < 1.29 is 19.4 Å². The maximum absolute atomic E-state index is 13.3. The number of aliphatic hydroxyl groups excluding tert-OH is 1. The maximum Gasteiger partial charge on any atom is 0.321 e. The standard InChI is InChI=1S/C12H13ClFNO3/c13-11-7(2-1-3-9(11)14)5-15-6-8(16)4-10(15)12(17)18/h1-3,8,10,16H,4-6H2,(H,17,18). The van der Waals surface area contributed by atoms with Crippen LogP contribution in [0.1, 0.15) is 12.0 Å². The molecule has 0 bridgehead atoms. The van der Waals surface area contributed by atoms with Gasteiger partial charge in [-0.15, -0.1) is 0 Å². The number of rotatable bonds is 3. The number of aliphatic carboxylic acids is 1. The van der Waals surface area contributed by atoms with Gasteiger partial charge < -0.3 is 10.2 Å². The molecule has 1 fully saturated rings. The highest BCUT2D eigenvalue weighted by atomic mass is 35.5. The van der Waals surface area contributed by atoms with E-state index in [9.17, 15) is 14.3 Å². The summed E-state index contributed by atoms with van der Waals surface area (Å²) in [4.78, 5) is 12.6. The number of aliphatic hydroxyl groups is 1. The monoisotopic (exact) mass is 273 g/mol. The highest BCUT2D eigenvalue weighted by molar-refractivity contribution is 6.31. The first-order valence-electron chi connectivity index (χ1n) is 5.57. The fourth-order valence-corrected chi connectivity index (χ4v) is 2.39. The molecular formula is C12H13ClFNO3. The van der Waals surface area contributed by atoms with E-state index < -0.39 is 23.9 Å². The van der Waals surface area contributed by atoms with Crippen molar-refractivity contribution in [3.8, 4) is 0 Å². The Hall–Kier alpha value is -1.17. The number of likely N-dealkylation sites (tertiary alicyclic amines) is 1. The molecule has 4 nitrogen and oxygen atoms in total. The Bertz CT molecular complexity index is 469. The lowest BCUT2D eigenvalue weighted by Crippen LogP contribution is -2.35. The van der Waals surface area contributed by atoms with E-state index in [2.05, 4.69) is 0 Å². The summed E-state index contributed by atoms with van der Waals surface area (Å²) in [5, 5.41) is 18.6. The first kappa shape index (κ1) is 13.3. The molecule has 2 rings (SSSR count). The molecule has 2 N–H and O–H groups in total. The minimum Gasteiger partial charge on any atom is -0.480 e. The minimum absolute atomic E-state index is 0.00280. The van der Waals surface area contributed by atoms with Gasteiger partial charge in [0, 0.05) is 19.5 Å². The number of carboxylic acid groups (broad SMARTS) is 1. The maximum atomic E-state index is 13.3. The number of hydrogen-bond acceptors (Lipinski definition) is 3. The molecule has 0 aliphatic carbocycles. The van der Waals surface area contributed by atoms with Gasteiger partial charge in [-0.2, -0.15) is 0 Å². The number of carboxylic acids is 1. The van der Waals surface area contributed by atoms with Crippen LogP contribution >= 0.6 is 11.6 Å². The number of nitrogens with zero attached hydrogens (tertiary/aromatic N) is 1. The molecule has 0 saturated carbocycles. The Morgan fingerprint density at radius 1 is 1.56 bits per heavy atom. The predicted molar refractivity (Wildman–Crippen MR) is 63.9 cm³/mol. The third-order valence-electron chi connectivity index (χ3n) is 3.07. The highest BCUT2D eigenvalue weighted by Crippen LogP contribution is 2.25. The van der Waals surface area contributed by atoms with Gasteiger partial charge in [-0.3, -0.25) is 9.69 Å². The second-order valence-corrected chi connectivity index (χ2v) is 4.76. The van der Waals surface area contributed by atoms with Gasteiger partial charge >= 0.3 is 5.97 Å². The first-order valence-corrected chi connectivity index (χ1v) is 5.94. The first-order chi connectivity index (χ1) is 8.49. The normalized spacial score (nSPS) is 24.4. The SMILES string of the molecule is O=C(O)C1CC(O)CN1Cc1cccc(F)c1Cl. The van der Waals surface area contributed by atoms with Gasteiger partial charge in [0.1, 0.15) is 11.9 Å². The molecule has 1 saturated heterocycles. The second-order valence-electron chi connectivity index (χ2n) is 4.39. The van der Waals surface area contributed by atoms with Crippen molar-refractivity contribution in [1.82, 2.24) is 4.90 Å². The molecule has 2 unspecified atom stereocenters. The summed E-state index contributed by atoms with van der Waals surface area (Å²) < 4.78 is 13.3. The van der Waals surface area contributed by atoms with Crippen molar-refractivity contribution in [3.05, 3.63) is 34.6 Å². The molecule has 1 aliphatic rings. The lowest BCUT2D eigenvalue weighted by Gasteiger charge is -2.21. The molecule has 1 heterocycles. The van der Waals surface area contributed by atoms with Crippen LogP contribution in [0.5, 0.6) is 0 Å². The van der Waals surface area contributed by atoms with Gasteiger partial charge in [0.05, 0.1) is 11.1 Å². The van der Waals surface area contributed by atoms with Crippen LogP contribution in [-0.2, 0) is 11.3 Å². The third kappa shape index (κ3) is 2.63. The number of carbonyl (C=O) groups is 1. The van der Waals surface area contributed by atoms with Crippen LogP contribution in [0.2, 0.25) is 5.02 Å². The molecule has 18 heavy (non-hydrogen) atoms. The second kappa shape index (κ2) is 5.22. The largest absolute Gasteiger partial charge is 0.480 e. The van der Waals surface area contributed by atoms with Crippen molar-refractivity contribution in [1.29, 1.82) is 0 Å². The summed E-state index contributed by atoms with van der Waals surface area (Å²) in [5.41, 5.74) is 0.525. The summed E-state index contributed by atoms with van der Waals surface area (Å²) in [6, 6.07) is 3.67. The van der Waals surface area contributed by atoms with Crippen LogP contribution in [-0.4, -0.2) is 39.8 Å². The van der Waals surface area contributed by atoms with Gasteiger partial charge in [-0.1, -0.05) is 23.7 Å². The molecule has 0 spiro atoms. The summed E-state index contributed by atoms with van der Waals surface area (Å²) in [7, 11) is 0. The fourth-order valence-electron chi connectivity index (χ4n) is 2.20. The Labute approximate surface area is 109 Å². The van der Waals surface area contributed by atoms with E-state index >= 15 is 0 Å².